The third-order valence-corrected chi connectivity index (χ3v) is 3.17. The zero-order valence-electron chi connectivity index (χ0n) is 13.7. The smallest absolute Gasteiger partial charge is 0.336 e. The van der Waals surface area contributed by atoms with Gasteiger partial charge in [0.1, 0.15) is 0 Å². The zero-order valence-corrected chi connectivity index (χ0v) is 13.7. The molecule has 118 valence electrons. The normalized spacial score (nSPS) is 12.7. The Labute approximate surface area is 128 Å². The Hall–Kier alpha value is -1.58. The predicted octanol–water partition coefficient (Wildman–Crippen LogP) is 3.79. The molecule has 0 saturated carbocycles. The van der Waals surface area contributed by atoms with Crippen molar-refractivity contribution in [3.05, 3.63) is 37.1 Å². The van der Waals surface area contributed by atoms with Crippen LogP contribution in [-0.2, 0) is 19.1 Å². The minimum atomic E-state index is -1.43. The molecule has 2 radical (unpaired) electrons. The summed E-state index contributed by atoms with van der Waals surface area (Å²) < 4.78 is 11.0. The summed E-state index contributed by atoms with van der Waals surface area (Å²) in [5, 5.41) is 0. The van der Waals surface area contributed by atoms with Crippen molar-refractivity contribution in [3.63, 3.8) is 0 Å². The molecule has 0 aliphatic heterocycles. The number of ether oxygens (including phenoxy) is 2. The number of carbonyl (C=O) groups is 2. The summed E-state index contributed by atoms with van der Waals surface area (Å²) in [5.41, 5.74) is 0.489. The van der Waals surface area contributed by atoms with E-state index in [1.165, 1.54) is 0 Å². The van der Waals surface area contributed by atoms with Crippen molar-refractivity contribution in [2.24, 2.45) is 5.92 Å². The lowest BCUT2D eigenvalue weighted by Gasteiger charge is -2.40. The third kappa shape index (κ3) is 5.03. The average Bonchev–Trinajstić information content (AvgIpc) is 2.36. The molecule has 0 N–H and O–H groups in total. The molecule has 0 fully saturated rings. The van der Waals surface area contributed by atoms with Crippen LogP contribution in [-0.4, -0.2) is 17.7 Å². The van der Waals surface area contributed by atoms with Crippen molar-refractivity contribution in [1.82, 2.24) is 0 Å². The second kappa shape index (κ2) is 8.01. The Bertz CT molecular complexity index is 393. The fourth-order valence-electron chi connectivity index (χ4n) is 1.86. The molecule has 0 amide bonds. The van der Waals surface area contributed by atoms with Gasteiger partial charge in [0.25, 0.3) is 5.79 Å². The van der Waals surface area contributed by atoms with Gasteiger partial charge in [-0.25, -0.2) is 9.59 Å². The second-order valence-electron chi connectivity index (χ2n) is 5.55. The van der Waals surface area contributed by atoms with Crippen molar-refractivity contribution < 1.29 is 19.1 Å². The van der Waals surface area contributed by atoms with Gasteiger partial charge in [0, 0.05) is 17.1 Å². The average molecular weight is 294 g/mol. The summed E-state index contributed by atoms with van der Waals surface area (Å²) in [6, 6.07) is 0. The van der Waals surface area contributed by atoms with Crippen LogP contribution in [0.2, 0.25) is 0 Å². The molecule has 21 heavy (non-hydrogen) atoms. The Balaban J connectivity index is 5.64. The molecule has 4 nitrogen and oxygen atoms in total. The fraction of sp³-hybridized carbons (Fsp3) is 0.529. The molecule has 0 spiro atoms. The van der Waals surface area contributed by atoms with Crippen LogP contribution in [0.5, 0.6) is 0 Å². The molecular formula is C17H26O4. The van der Waals surface area contributed by atoms with Crippen LogP contribution in [0.25, 0.3) is 0 Å². The minimum absolute atomic E-state index is 0.230. The van der Waals surface area contributed by atoms with E-state index in [-0.39, 0.29) is 17.1 Å². The predicted molar refractivity (Wildman–Crippen MR) is 82.9 cm³/mol. The summed E-state index contributed by atoms with van der Waals surface area (Å²) >= 11 is 0. The molecule has 0 aliphatic carbocycles. The molecule has 0 aromatic carbocycles. The van der Waals surface area contributed by atoms with Gasteiger partial charge in [0.2, 0.25) is 0 Å². The van der Waals surface area contributed by atoms with Gasteiger partial charge in [0.15, 0.2) is 0 Å². The maximum atomic E-state index is 12.0. The molecule has 0 bridgehead atoms. The quantitative estimate of drug-likeness (QED) is 0.388. The standard InChI is InChI=1S/C17H26O4/c1-9-10-14(8)17(13(6)7,20-15(18)11(2)3)21-16(19)12(4)5/h14H,1-2,4,9-10H2,3,5-8H3. The molecule has 4 heteroatoms. The van der Waals surface area contributed by atoms with Gasteiger partial charge in [0.05, 0.1) is 5.92 Å². The maximum Gasteiger partial charge on any atom is 0.336 e. The van der Waals surface area contributed by atoms with Gasteiger partial charge >= 0.3 is 11.9 Å². The maximum absolute atomic E-state index is 12.0. The number of rotatable bonds is 8. The van der Waals surface area contributed by atoms with Crippen molar-refractivity contribution in [2.75, 3.05) is 0 Å². The van der Waals surface area contributed by atoms with E-state index in [4.69, 9.17) is 9.47 Å². The van der Waals surface area contributed by atoms with Gasteiger partial charge in [-0.05, 0) is 20.3 Å². The highest BCUT2D eigenvalue weighted by atomic mass is 16.7. The molecule has 0 aliphatic rings. The summed E-state index contributed by atoms with van der Waals surface area (Å²) in [6.45, 7) is 19.4. The van der Waals surface area contributed by atoms with Gasteiger partial charge < -0.3 is 9.47 Å². The first-order valence-electron chi connectivity index (χ1n) is 6.96. The number of esters is 2. The lowest BCUT2D eigenvalue weighted by atomic mass is 9.86. The van der Waals surface area contributed by atoms with Crippen molar-refractivity contribution >= 4 is 11.9 Å². The van der Waals surface area contributed by atoms with Gasteiger partial charge in [-0.3, -0.25) is 0 Å². The molecule has 0 aromatic rings. The van der Waals surface area contributed by atoms with E-state index in [1.807, 2.05) is 6.92 Å². The highest BCUT2D eigenvalue weighted by Crippen LogP contribution is 2.37. The van der Waals surface area contributed by atoms with E-state index in [1.54, 1.807) is 27.7 Å². The van der Waals surface area contributed by atoms with Gasteiger partial charge in [-0.15, -0.1) is 0 Å². The monoisotopic (exact) mass is 294 g/mol. The molecule has 0 heterocycles. The van der Waals surface area contributed by atoms with Crippen LogP contribution in [0.4, 0.5) is 0 Å². The van der Waals surface area contributed by atoms with Crippen molar-refractivity contribution in [1.29, 1.82) is 0 Å². The molecular weight excluding hydrogens is 268 g/mol. The van der Waals surface area contributed by atoms with E-state index >= 15 is 0 Å². The van der Waals surface area contributed by atoms with Crippen LogP contribution in [0.3, 0.4) is 0 Å². The first-order valence-corrected chi connectivity index (χ1v) is 6.96. The Morgan fingerprint density at radius 1 is 1.00 bits per heavy atom. The number of carbonyl (C=O) groups excluding carboxylic acids is 2. The third-order valence-electron chi connectivity index (χ3n) is 3.17. The minimum Gasteiger partial charge on any atom is -0.418 e. The molecule has 0 saturated heterocycles. The lowest BCUT2D eigenvalue weighted by Crippen LogP contribution is -2.49. The van der Waals surface area contributed by atoms with Crippen LogP contribution in [0, 0.1) is 18.8 Å². The Morgan fingerprint density at radius 2 is 1.38 bits per heavy atom. The number of hydrogen-bond acceptors (Lipinski definition) is 4. The SMILES string of the molecule is [CH2]CCC(C)C(OC(=O)C(=C)C)(OC(=O)C(=C)C)[C](C)C. The second-order valence-corrected chi connectivity index (χ2v) is 5.55. The largest absolute Gasteiger partial charge is 0.418 e. The lowest BCUT2D eigenvalue weighted by molar-refractivity contribution is -0.234. The van der Waals surface area contributed by atoms with Crippen LogP contribution >= 0.6 is 0 Å². The molecule has 1 atom stereocenters. The Kier molecular flexibility index (Phi) is 7.41. The van der Waals surface area contributed by atoms with Crippen LogP contribution in [0.15, 0.2) is 24.3 Å². The highest BCUT2D eigenvalue weighted by Gasteiger charge is 2.47. The fourth-order valence-corrected chi connectivity index (χ4v) is 1.86. The molecule has 0 rings (SSSR count). The summed E-state index contributed by atoms with van der Waals surface area (Å²) in [6.07, 6.45) is 1.27. The first kappa shape index (κ1) is 19.4. The molecule has 0 aromatic heterocycles. The summed E-state index contributed by atoms with van der Waals surface area (Å²) in [5.74, 6) is -2.17. The van der Waals surface area contributed by atoms with E-state index < -0.39 is 17.7 Å². The van der Waals surface area contributed by atoms with E-state index in [9.17, 15) is 9.59 Å². The van der Waals surface area contributed by atoms with Crippen LogP contribution in [0.1, 0.15) is 47.5 Å². The Morgan fingerprint density at radius 3 is 1.62 bits per heavy atom. The van der Waals surface area contributed by atoms with Crippen molar-refractivity contribution in [2.45, 2.75) is 53.2 Å². The van der Waals surface area contributed by atoms with E-state index in [0.29, 0.717) is 18.8 Å². The van der Waals surface area contributed by atoms with Crippen molar-refractivity contribution in [3.8, 4) is 0 Å². The van der Waals surface area contributed by atoms with Gasteiger partial charge in [-0.2, -0.15) is 0 Å². The summed E-state index contributed by atoms with van der Waals surface area (Å²) in [4.78, 5) is 23.9. The summed E-state index contributed by atoms with van der Waals surface area (Å²) in [7, 11) is 0. The van der Waals surface area contributed by atoms with E-state index in [2.05, 4.69) is 20.1 Å². The zero-order chi connectivity index (χ0) is 16.8. The topological polar surface area (TPSA) is 52.6 Å². The first-order chi connectivity index (χ1) is 9.58. The van der Waals surface area contributed by atoms with Crippen LogP contribution < -0.4 is 0 Å². The van der Waals surface area contributed by atoms with E-state index in [0.717, 1.165) is 0 Å². The molecule has 1 unspecified atom stereocenters. The number of hydrogen-bond donors (Lipinski definition) is 0. The van der Waals surface area contributed by atoms with Gasteiger partial charge in [-0.1, -0.05) is 47.3 Å². The highest BCUT2D eigenvalue weighted by molar-refractivity contribution is 5.89.